The Morgan fingerprint density at radius 2 is 1.61 bits per heavy atom. The number of likely N-dealkylation sites (N-methyl/N-ethyl adjacent to an activating group) is 1. The lowest BCUT2D eigenvalue weighted by Crippen LogP contribution is -2.48. The molecular formula is C37H46F3N5O6. The van der Waals surface area contributed by atoms with E-state index in [2.05, 4.69) is 16.0 Å². The minimum Gasteiger partial charge on any atom is -0.490 e. The van der Waals surface area contributed by atoms with Crippen molar-refractivity contribution in [3.63, 3.8) is 0 Å². The molecule has 0 saturated carbocycles. The summed E-state index contributed by atoms with van der Waals surface area (Å²) < 4.78 is 51.5. The largest absolute Gasteiger partial charge is 0.490 e. The van der Waals surface area contributed by atoms with E-state index in [1.54, 1.807) is 56.4 Å². The van der Waals surface area contributed by atoms with Crippen molar-refractivity contribution >= 4 is 35.0 Å². The number of amides is 5. The Morgan fingerprint density at radius 3 is 2.27 bits per heavy atom. The molecule has 0 aromatic heterocycles. The van der Waals surface area contributed by atoms with Gasteiger partial charge in [0.15, 0.2) is 0 Å². The Balaban J connectivity index is 1.55. The van der Waals surface area contributed by atoms with Crippen molar-refractivity contribution in [2.24, 2.45) is 5.92 Å². The van der Waals surface area contributed by atoms with E-state index >= 15 is 0 Å². The number of rotatable bonds is 7. The Bertz CT molecular complexity index is 1610. The topological polar surface area (TPSA) is 132 Å². The predicted molar refractivity (Wildman–Crippen MR) is 189 cm³/mol. The highest BCUT2D eigenvalue weighted by Gasteiger charge is 2.32. The van der Waals surface area contributed by atoms with Crippen LogP contribution in [-0.4, -0.2) is 84.5 Å². The summed E-state index contributed by atoms with van der Waals surface area (Å²) in [5.41, 5.74) is 0.540. The van der Waals surface area contributed by atoms with Crippen LogP contribution >= 0.6 is 0 Å². The second kappa shape index (κ2) is 17.9. The number of nitrogens with zero attached hydrogens (tertiary/aromatic N) is 2. The third kappa shape index (κ3) is 11.3. The van der Waals surface area contributed by atoms with Gasteiger partial charge in [-0.25, -0.2) is 9.59 Å². The molecular weight excluding hydrogens is 667 g/mol. The number of alkyl halides is 3. The van der Waals surface area contributed by atoms with E-state index in [4.69, 9.17) is 9.47 Å². The molecule has 1 heterocycles. The number of hydrogen-bond acceptors (Lipinski definition) is 6. The molecule has 1 aliphatic heterocycles. The summed E-state index contributed by atoms with van der Waals surface area (Å²) in [5, 5.41) is 18.3. The molecule has 0 saturated heterocycles. The normalized spacial score (nSPS) is 19.5. The minimum atomic E-state index is -4.49. The van der Waals surface area contributed by atoms with Crippen LogP contribution in [0.4, 0.5) is 39.8 Å². The maximum absolute atomic E-state index is 14.3. The zero-order valence-electron chi connectivity index (χ0n) is 29.2. The Hall–Kier alpha value is -4.82. The summed E-state index contributed by atoms with van der Waals surface area (Å²) in [7, 11) is 1.55. The number of urea groups is 2. The molecule has 0 aliphatic carbocycles. The minimum absolute atomic E-state index is 0.115. The molecule has 0 unspecified atom stereocenters. The average Bonchev–Trinajstić information content (AvgIpc) is 3.09. The number of ether oxygens (including phenoxy) is 2. The Labute approximate surface area is 296 Å². The summed E-state index contributed by atoms with van der Waals surface area (Å²) in [5.74, 6) is -0.427. The van der Waals surface area contributed by atoms with Crippen LogP contribution in [0.2, 0.25) is 0 Å². The molecule has 0 radical (unpaired) electrons. The number of aliphatic hydroxyl groups excluding tert-OH is 1. The molecule has 4 N–H and O–H groups in total. The van der Waals surface area contributed by atoms with Gasteiger partial charge in [0, 0.05) is 49.7 Å². The fourth-order valence-corrected chi connectivity index (χ4v) is 5.59. The number of aliphatic hydroxyl groups is 1. The average molecular weight is 714 g/mol. The van der Waals surface area contributed by atoms with E-state index in [1.807, 2.05) is 19.9 Å². The molecule has 0 spiro atoms. The van der Waals surface area contributed by atoms with Crippen molar-refractivity contribution in [1.29, 1.82) is 0 Å². The first-order valence-corrected chi connectivity index (χ1v) is 16.9. The van der Waals surface area contributed by atoms with Gasteiger partial charge in [0.05, 0.1) is 36.0 Å². The third-order valence-electron chi connectivity index (χ3n) is 8.61. The second-order valence-electron chi connectivity index (χ2n) is 12.8. The molecule has 3 aromatic carbocycles. The summed E-state index contributed by atoms with van der Waals surface area (Å²) in [6, 6.07) is 16.3. The van der Waals surface area contributed by atoms with E-state index in [-0.39, 0.29) is 43.0 Å². The summed E-state index contributed by atoms with van der Waals surface area (Å²) in [6.45, 7) is 5.81. The van der Waals surface area contributed by atoms with Crippen molar-refractivity contribution < 1.29 is 42.1 Å². The number of anilines is 3. The molecule has 3 aromatic rings. The molecule has 5 amide bonds. The standard InChI is InChI=1S/C37H46F3N5O6/c1-24-21-45(25(2)23-46)34(47)31-20-30(42-35(48)41-28-11-6-5-7-12-28)17-18-32(31)51-26(3)10-8-9-19-50-33(24)22-44(4)36(49)43-29-15-13-27(14-16-29)37(38,39)40/h5-7,11-18,20,24-26,33,46H,8-10,19,21-23H2,1-4H3,(H,43,49)(H2,41,42,48)/t24-,25-,26-,33+/m0/s1. The lowest BCUT2D eigenvalue weighted by Gasteiger charge is -2.35. The number of nitrogens with one attached hydrogen (secondary N) is 3. The van der Waals surface area contributed by atoms with Crippen molar-refractivity contribution in [3.05, 3.63) is 83.9 Å². The van der Waals surface area contributed by atoms with E-state index in [0.29, 0.717) is 36.6 Å². The van der Waals surface area contributed by atoms with Gasteiger partial charge in [-0.05, 0) is 87.7 Å². The first kappa shape index (κ1) is 39.0. The van der Waals surface area contributed by atoms with Crippen molar-refractivity contribution in [1.82, 2.24) is 9.80 Å². The summed E-state index contributed by atoms with van der Waals surface area (Å²) in [6.07, 6.45) is -3.14. The number of hydrogen-bond donors (Lipinski definition) is 4. The van der Waals surface area contributed by atoms with Crippen LogP contribution in [0.3, 0.4) is 0 Å². The van der Waals surface area contributed by atoms with E-state index in [1.165, 1.54) is 21.9 Å². The van der Waals surface area contributed by atoms with Crippen LogP contribution in [0, 0.1) is 5.92 Å². The first-order valence-electron chi connectivity index (χ1n) is 16.9. The molecule has 4 rings (SSSR count). The summed E-state index contributed by atoms with van der Waals surface area (Å²) in [4.78, 5) is 43.1. The molecule has 4 atom stereocenters. The van der Waals surface area contributed by atoms with Crippen molar-refractivity contribution in [2.45, 2.75) is 64.5 Å². The van der Waals surface area contributed by atoms with Crippen LogP contribution in [0.15, 0.2) is 72.8 Å². The predicted octanol–water partition coefficient (Wildman–Crippen LogP) is 7.31. The van der Waals surface area contributed by atoms with Crippen molar-refractivity contribution in [3.8, 4) is 5.75 Å². The van der Waals surface area contributed by atoms with Gasteiger partial charge in [-0.2, -0.15) is 13.2 Å². The van der Waals surface area contributed by atoms with Crippen LogP contribution in [0.1, 0.15) is 56.0 Å². The fraction of sp³-hybridized carbons (Fsp3) is 0.432. The van der Waals surface area contributed by atoms with Gasteiger partial charge in [0.25, 0.3) is 5.91 Å². The Morgan fingerprint density at radius 1 is 0.961 bits per heavy atom. The molecule has 1 aliphatic rings. The fourth-order valence-electron chi connectivity index (χ4n) is 5.59. The number of carbonyl (C=O) groups is 3. The first-order chi connectivity index (χ1) is 24.2. The van der Waals surface area contributed by atoms with Gasteiger partial charge < -0.3 is 40.3 Å². The molecule has 276 valence electrons. The smallest absolute Gasteiger partial charge is 0.416 e. The number of halogens is 3. The lowest BCUT2D eigenvalue weighted by molar-refractivity contribution is -0.137. The van der Waals surface area contributed by atoms with Crippen LogP contribution < -0.4 is 20.7 Å². The monoisotopic (exact) mass is 713 g/mol. The lowest BCUT2D eigenvalue weighted by atomic mass is 10.0. The molecule has 14 heteroatoms. The number of carbonyl (C=O) groups excluding carboxylic acids is 3. The summed E-state index contributed by atoms with van der Waals surface area (Å²) >= 11 is 0. The number of fused-ring (bicyclic) bond motifs is 1. The molecule has 0 bridgehead atoms. The second-order valence-corrected chi connectivity index (χ2v) is 12.8. The van der Waals surface area contributed by atoms with Crippen LogP contribution in [0.5, 0.6) is 5.75 Å². The van der Waals surface area contributed by atoms with Gasteiger partial charge in [-0.15, -0.1) is 0 Å². The van der Waals surface area contributed by atoms with Crippen LogP contribution in [0.25, 0.3) is 0 Å². The highest BCUT2D eigenvalue weighted by molar-refractivity contribution is 6.02. The third-order valence-corrected chi connectivity index (χ3v) is 8.61. The number of para-hydroxylation sites is 1. The van der Waals surface area contributed by atoms with E-state index in [9.17, 15) is 32.7 Å². The van der Waals surface area contributed by atoms with Gasteiger partial charge in [-0.3, -0.25) is 4.79 Å². The van der Waals surface area contributed by atoms with Gasteiger partial charge >= 0.3 is 18.2 Å². The SMILES string of the molecule is C[C@H]1CCCCO[C@H](CN(C)C(=O)Nc2ccc(C(F)(F)F)cc2)[C@@H](C)CN([C@@H](C)CO)C(=O)c2cc(NC(=O)Nc3ccccc3)ccc2O1. The molecule has 11 nitrogen and oxygen atoms in total. The van der Waals surface area contributed by atoms with Gasteiger partial charge in [0.1, 0.15) is 5.75 Å². The molecule has 0 fully saturated rings. The highest BCUT2D eigenvalue weighted by Crippen LogP contribution is 2.31. The maximum atomic E-state index is 14.3. The van der Waals surface area contributed by atoms with Gasteiger partial charge in [0.2, 0.25) is 0 Å². The Kier molecular flexibility index (Phi) is 13.7. The van der Waals surface area contributed by atoms with E-state index < -0.39 is 41.9 Å². The quantitative estimate of drug-likeness (QED) is 0.203. The number of benzene rings is 3. The van der Waals surface area contributed by atoms with Gasteiger partial charge in [-0.1, -0.05) is 25.1 Å². The zero-order valence-corrected chi connectivity index (χ0v) is 29.2. The highest BCUT2D eigenvalue weighted by atomic mass is 19.4. The van der Waals surface area contributed by atoms with Crippen molar-refractivity contribution in [2.75, 3.05) is 49.3 Å². The zero-order chi connectivity index (χ0) is 37.1. The maximum Gasteiger partial charge on any atom is 0.416 e. The molecule has 51 heavy (non-hydrogen) atoms. The van der Waals surface area contributed by atoms with Crippen LogP contribution in [-0.2, 0) is 10.9 Å². The van der Waals surface area contributed by atoms with E-state index in [0.717, 1.165) is 18.6 Å².